The van der Waals surface area contributed by atoms with Crippen molar-refractivity contribution < 1.29 is 4.39 Å². The van der Waals surface area contributed by atoms with Crippen LogP contribution in [0.3, 0.4) is 0 Å². The first-order valence-electron chi connectivity index (χ1n) is 4.54. The molecule has 0 amide bonds. The number of rotatable bonds is 1. The number of piperidine rings is 1. The molecule has 2 nitrogen and oxygen atoms in total. The van der Waals surface area contributed by atoms with Gasteiger partial charge in [0.05, 0.1) is 5.69 Å². The summed E-state index contributed by atoms with van der Waals surface area (Å²) in [7, 11) is 0. The molecule has 1 aromatic rings. The monoisotopic (exact) mass is 200 g/mol. The van der Waals surface area contributed by atoms with Gasteiger partial charge in [0, 0.05) is 17.8 Å². The van der Waals surface area contributed by atoms with Crippen LogP contribution >= 0.6 is 11.5 Å². The van der Waals surface area contributed by atoms with Crippen molar-refractivity contribution in [3.05, 3.63) is 17.1 Å². The molecule has 1 fully saturated rings. The van der Waals surface area contributed by atoms with Gasteiger partial charge in [-0.2, -0.15) is 4.37 Å². The predicted molar refractivity (Wildman–Crippen MR) is 51.6 cm³/mol. The minimum Gasteiger partial charge on any atom is -0.316 e. The third-order valence-electron chi connectivity index (χ3n) is 2.76. The largest absolute Gasteiger partial charge is 0.316 e. The Hall–Kier alpha value is -0.480. The van der Waals surface area contributed by atoms with E-state index >= 15 is 0 Å². The van der Waals surface area contributed by atoms with Crippen molar-refractivity contribution in [2.24, 2.45) is 5.92 Å². The van der Waals surface area contributed by atoms with Gasteiger partial charge in [0.1, 0.15) is 0 Å². The number of nitrogens with one attached hydrogen (secondary N) is 1. The summed E-state index contributed by atoms with van der Waals surface area (Å²) < 4.78 is 18.5. The molecule has 2 atom stereocenters. The summed E-state index contributed by atoms with van der Waals surface area (Å²) in [5.41, 5.74) is -0.586. The Balaban J connectivity index is 2.27. The van der Waals surface area contributed by atoms with Crippen molar-refractivity contribution in [1.82, 2.24) is 9.69 Å². The first-order valence-corrected chi connectivity index (χ1v) is 5.37. The van der Waals surface area contributed by atoms with Crippen molar-refractivity contribution in [2.45, 2.75) is 19.0 Å². The fraction of sp³-hybridized carbons (Fsp3) is 0.667. The Morgan fingerprint density at radius 3 is 3.23 bits per heavy atom. The van der Waals surface area contributed by atoms with E-state index in [0.29, 0.717) is 12.1 Å². The van der Waals surface area contributed by atoms with E-state index in [2.05, 4.69) is 9.69 Å². The number of aromatic nitrogens is 1. The lowest BCUT2D eigenvalue weighted by atomic mass is 9.82. The zero-order chi connectivity index (χ0) is 9.31. The molecule has 0 saturated carbocycles. The summed E-state index contributed by atoms with van der Waals surface area (Å²) in [6, 6.07) is 1.80. The van der Waals surface area contributed by atoms with Crippen molar-refractivity contribution >= 4 is 11.5 Å². The smallest absolute Gasteiger partial charge is 0.158 e. The van der Waals surface area contributed by atoms with E-state index in [9.17, 15) is 4.39 Å². The average molecular weight is 200 g/mol. The number of hydrogen-bond acceptors (Lipinski definition) is 3. The van der Waals surface area contributed by atoms with Gasteiger partial charge in [-0.1, -0.05) is 6.92 Å². The topological polar surface area (TPSA) is 24.9 Å². The molecule has 0 aromatic carbocycles. The van der Waals surface area contributed by atoms with Crippen molar-refractivity contribution in [3.8, 4) is 0 Å². The number of alkyl halides is 1. The number of halogens is 1. The molecule has 13 heavy (non-hydrogen) atoms. The zero-order valence-corrected chi connectivity index (χ0v) is 8.40. The first-order chi connectivity index (χ1) is 6.23. The highest BCUT2D eigenvalue weighted by Gasteiger charge is 2.41. The van der Waals surface area contributed by atoms with Gasteiger partial charge < -0.3 is 5.32 Å². The van der Waals surface area contributed by atoms with E-state index in [0.717, 1.165) is 13.1 Å². The number of nitrogens with zero attached hydrogens (tertiary/aromatic N) is 1. The summed E-state index contributed by atoms with van der Waals surface area (Å²) >= 11 is 1.32. The predicted octanol–water partition coefficient (Wildman–Crippen LogP) is 1.94. The van der Waals surface area contributed by atoms with Crippen LogP contribution in [0.1, 0.15) is 19.0 Å². The van der Waals surface area contributed by atoms with Gasteiger partial charge in [-0.3, -0.25) is 0 Å². The zero-order valence-electron chi connectivity index (χ0n) is 7.59. The van der Waals surface area contributed by atoms with Crippen LogP contribution in [0.4, 0.5) is 4.39 Å². The van der Waals surface area contributed by atoms with Crippen molar-refractivity contribution in [3.63, 3.8) is 0 Å². The second kappa shape index (κ2) is 3.35. The molecular formula is C9H13FN2S. The average Bonchev–Trinajstić information content (AvgIpc) is 2.63. The normalized spacial score (nSPS) is 34.8. The van der Waals surface area contributed by atoms with Crippen LogP contribution in [0.25, 0.3) is 0 Å². The molecule has 0 bridgehead atoms. The van der Waals surface area contributed by atoms with Gasteiger partial charge in [-0.15, -0.1) is 0 Å². The fourth-order valence-electron chi connectivity index (χ4n) is 1.80. The first kappa shape index (κ1) is 9.09. The van der Waals surface area contributed by atoms with Crippen LogP contribution in [-0.4, -0.2) is 17.5 Å². The highest BCUT2D eigenvalue weighted by Crippen LogP contribution is 2.38. The Morgan fingerprint density at radius 1 is 1.77 bits per heavy atom. The molecule has 1 aromatic heterocycles. The summed E-state index contributed by atoms with van der Waals surface area (Å²) in [5, 5.41) is 5.03. The quantitative estimate of drug-likeness (QED) is 0.749. The molecule has 2 unspecified atom stereocenters. The maximum absolute atomic E-state index is 14.4. The van der Waals surface area contributed by atoms with Crippen LogP contribution in [0, 0.1) is 5.92 Å². The van der Waals surface area contributed by atoms with Crippen LogP contribution in [-0.2, 0) is 5.67 Å². The van der Waals surface area contributed by atoms with E-state index in [1.165, 1.54) is 11.5 Å². The molecule has 1 aliphatic heterocycles. The third kappa shape index (κ3) is 1.48. The molecule has 2 rings (SSSR count). The molecule has 1 N–H and O–H groups in total. The van der Waals surface area contributed by atoms with Crippen molar-refractivity contribution in [1.29, 1.82) is 0 Å². The molecule has 1 saturated heterocycles. The summed E-state index contributed by atoms with van der Waals surface area (Å²) in [6.07, 6.45) is 0.540. The maximum Gasteiger partial charge on any atom is 0.158 e. The highest BCUT2D eigenvalue weighted by molar-refractivity contribution is 7.03. The van der Waals surface area contributed by atoms with Crippen LogP contribution < -0.4 is 5.32 Å². The third-order valence-corrected chi connectivity index (χ3v) is 3.32. The van der Waals surface area contributed by atoms with Gasteiger partial charge in [-0.25, -0.2) is 4.39 Å². The summed E-state index contributed by atoms with van der Waals surface area (Å²) in [5.74, 6) is 0.0170. The molecule has 1 aliphatic rings. The minimum atomic E-state index is -1.20. The Kier molecular flexibility index (Phi) is 2.34. The van der Waals surface area contributed by atoms with Gasteiger partial charge in [0.15, 0.2) is 5.67 Å². The van der Waals surface area contributed by atoms with Gasteiger partial charge >= 0.3 is 0 Å². The van der Waals surface area contributed by atoms with E-state index in [4.69, 9.17) is 0 Å². The Bertz CT molecular complexity index is 275. The second-order valence-corrected chi connectivity index (χ2v) is 4.27. The molecule has 72 valence electrons. The van der Waals surface area contributed by atoms with Crippen LogP contribution in [0.2, 0.25) is 0 Å². The van der Waals surface area contributed by atoms with E-state index in [-0.39, 0.29) is 5.92 Å². The standard InChI is InChI=1S/C9H13FN2S/c1-7-6-11-4-3-9(7,10)8-2-5-13-12-8/h2,5,7,11H,3-4,6H2,1H3. The molecule has 2 heterocycles. The Labute approximate surface area is 81.3 Å². The van der Waals surface area contributed by atoms with Crippen LogP contribution in [0.5, 0.6) is 0 Å². The lowest BCUT2D eigenvalue weighted by Gasteiger charge is -2.34. The van der Waals surface area contributed by atoms with E-state index < -0.39 is 5.67 Å². The van der Waals surface area contributed by atoms with E-state index in [1.807, 2.05) is 12.3 Å². The fourth-order valence-corrected chi connectivity index (χ4v) is 2.38. The van der Waals surface area contributed by atoms with Crippen molar-refractivity contribution in [2.75, 3.05) is 13.1 Å². The molecule has 0 aliphatic carbocycles. The highest BCUT2D eigenvalue weighted by atomic mass is 32.1. The Morgan fingerprint density at radius 2 is 2.62 bits per heavy atom. The van der Waals surface area contributed by atoms with Crippen LogP contribution in [0.15, 0.2) is 11.4 Å². The molecule has 4 heteroatoms. The lowest BCUT2D eigenvalue weighted by molar-refractivity contribution is 0.0515. The SMILES string of the molecule is CC1CNCCC1(F)c1ccsn1. The van der Waals surface area contributed by atoms with Gasteiger partial charge in [0.2, 0.25) is 0 Å². The van der Waals surface area contributed by atoms with Gasteiger partial charge in [0.25, 0.3) is 0 Å². The second-order valence-electron chi connectivity index (χ2n) is 3.60. The van der Waals surface area contributed by atoms with E-state index in [1.54, 1.807) is 6.07 Å². The lowest BCUT2D eigenvalue weighted by Crippen LogP contribution is -2.44. The van der Waals surface area contributed by atoms with Gasteiger partial charge in [-0.05, 0) is 30.6 Å². The molecular weight excluding hydrogens is 187 g/mol. The summed E-state index contributed by atoms with van der Waals surface area (Å²) in [6.45, 7) is 3.43. The summed E-state index contributed by atoms with van der Waals surface area (Å²) in [4.78, 5) is 0. The molecule has 0 radical (unpaired) electrons. The number of hydrogen-bond donors (Lipinski definition) is 1. The minimum absolute atomic E-state index is 0.0170. The molecule has 0 spiro atoms. The maximum atomic E-state index is 14.4.